The van der Waals surface area contributed by atoms with Crippen LogP contribution >= 0.6 is 11.6 Å². The van der Waals surface area contributed by atoms with E-state index in [4.69, 9.17) is 11.6 Å². The lowest BCUT2D eigenvalue weighted by Crippen LogP contribution is -1.85. The highest BCUT2D eigenvalue weighted by Crippen LogP contribution is 2.42. The van der Waals surface area contributed by atoms with Crippen LogP contribution in [0, 0.1) is 0 Å². The molecule has 0 amide bonds. The number of fused-ring (bicyclic) bond motifs is 1. The standard InChI is InChI=1S/C12H10ClN/c13-9-3-4-11-10(8-1-2-8)5-6-14-12(11)7-9/h3-8H,1-2H2. The fourth-order valence-corrected chi connectivity index (χ4v) is 2.06. The fourth-order valence-electron chi connectivity index (χ4n) is 1.89. The minimum absolute atomic E-state index is 0.762. The van der Waals surface area contributed by atoms with Gasteiger partial charge in [-0.2, -0.15) is 0 Å². The summed E-state index contributed by atoms with van der Waals surface area (Å²) in [7, 11) is 0. The van der Waals surface area contributed by atoms with Gasteiger partial charge in [0.25, 0.3) is 0 Å². The Hall–Kier alpha value is -1.08. The van der Waals surface area contributed by atoms with Crippen molar-refractivity contribution in [1.82, 2.24) is 4.98 Å². The van der Waals surface area contributed by atoms with E-state index in [1.807, 2.05) is 18.3 Å². The van der Waals surface area contributed by atoms with Gasteiger partial charge in [0.15, 0.2) is 0 Å². The summed E-state index contributed by atoms with van der Waals surface area (Å²) in [6, 6.07) is 8.09. The van der Waals surface area contributed by atoms with Crippen LogP contribution in [0.4, 0.5) is 0 Å². The van der Waals surface area contributed by atoms with Gasteiger partial charge in [-0.15, -0.1) is 0 Å². The molecular weight excluding hydrogens is 194 g/mol. The quantitative estimate of drug-likeness (QED) is 0.688. The van der Waals surface area contributed by atoms with Crippen LogP contribution in [-0.4, -0.2) is 4.98 Å². The molecule has 0 unspecified atom stereocenters. The number of halogens is 1. The maximum Gasteiger partial charge on any atom is 0.0719 e. The summed E-state index contributed by atoms with van der Waals surface area (Å²) in [5.74, 6) is 0.765. The van der Waals surface area contributed by atoms with Crippen LogP contribution in [0.5, 0.6) is 0 Å². The number of rotatable bonds is 1. The Labute approximate surface area is 87.7 Å². The Morgan fingerprint density at radius 2 is 2.07 bits per heavy atom. The van der Waals surface area contributed by atoms with Crippen molar-refractivity contribution in [2.24, 2.45) is 0 Å². The van der Waals surface area contributed by atoms with Crippen molar-refractivity contribution in [1.29, 1.82) is 0 Å². The van der Waals surface area contributed by atoms with Gasteiger partial charge in [-0.05, 0) is 42.5 Å². The maximum absolute atomic E-state index is 5.93. The topological polar surface area (TPSA) is 12.9 Å². The smallest absolute Gasteiger partial charge is 0.0719 e. The molecule has 0 saturated heterocycles. The van der Waals surface area contributed by atoms with Crippen LogP contribution in [-0.2, 0) is 0 Å². The largest absolute Gasteiger partial charge is 0.256 e. The summed E-state index contributed by atoms with van der Waals surface area (Å²) in [4.78, 5) is 4.33. The first-order chi connectivity index (χ1) is 6.84. The summed E-state index contributed by atoms with van der Waals surface area (Å²) in [5.41, 5.74) is 2.45. The monoisotopic (exact) mass is 203 g/mol. The van der Waals surface area contributed by atoms with Crippen molar-refractivity contribution in [2.75, 3.05) is 0 Å². The minimum Gasteiger partial charge on any atom is -0.256 e. The van der Waals surface area contributed by atoms with Gasteiger partial charge in [0.1, 0.15) is 0 Å². The first-order valence-corrected chi connectivity index (χ1v) is 5.26. The molecule has 14 heavy (non-hydrogen) atoms. The van der Waals surface area contributed by atoms with E-state index in [1.54, 1.807) is 0 Å². The lowest BCUT2D eigenvalue weighted by molar-refractivity contribution is 1.14. The van der Waals surface area contributed by atoms with Crippen LogP contribution in [0.3, 0.4) is 0 Å². The van der Waals surface area contributed by atoms with E-state index in [-0.39, 0.29) is 0 Å². The zero-order valence-corrected chi connectivity index (χ0v) is 8.46. The van der Waals surface area contributed by atoms with Crippen LogP contribution < -0.4 is 0 Å². The molecule has 1 saturated carbocycles. The van der Waals surface area contributed by atoms with E-state index in [2.05, 4.69) is 17.1 Å². The van der Waals surface area contributed by atoms with Crippen LogP contribution in [0.2, 0.25) is 5.02 Å². The van der Waals surface area contributed by atoms with Crippen molar-refractivity contribution in [3.63, 3.8) is 0 Å². The predicted octanol–water partition coefficient (Wildman–Crippen LogP) is 3.77. The van der Waals surface area contributed by atoms with E-state index < -0.39 is 0 Å². The molecule has 2 aromatic rings. The molecule has 1 nitrogen and oxygen atoms in total. The molecule has 0 aliphatic heterocycles. The van der Waals surface area contributed by atoms with Crippen molar-refractivity contribution < 1.29 is 0 Å². The van der Waals surface area contributed by atoms with Gasteiger partial charge in [0, 0.05) is 16.6 Å². The Kier molecular flexibility index (Phi) is 1.74. The second kappa shape index (κ2) is 2.96. The van der Waals surface area contributed by atoms with E-state index in [1.165, 1.54) is 23.8 Å². The molecule has 0 atom stereocenters. The van der Waals surface area contributed by atoms with E-state index in [0.717, 1.165) is 16.5 Å². The van der Waals surface area contributed by atoms with Gasteiger partial charge < -0.3 is 0 Å². The third-order valence-electron chi connectivity index (χ3n) is 2.76. The van der Waals surface area contributed by atoms with Crippen LogP contribution in [0.1, 0.15) is 24.3 Å². The van der Waals surface area contributed by atoms with Gasteiger partial charge in [-0.3, -0.25) is 4.98 Å². The highest BCUT2D eigenvalue weighted by atomic mass is 35.5. The average Bonchev–Trinajstić information content (AvgIpc) is 2.99. The normalized spacial score (nSPS) is 16.1. The molecular formula is C12H10ClN. The van der Waals surface area contributed by atoms with Gasteiger partial charge >= 0.3 is 0 Å². The van der Waals surface area contributed by atoms with E-state index in [9.17, 15) is 0 Å². The Bertz CT molecular complexity index is 489. The summed E-state index contributed by atoms with van der Waals surface area (Å²) in [5, 5.41) is 2.03. The van der Waals surface area contributed by atoms with E-state index in [0.29, 0.717) is 0 Å². The van der Waals surface area contributed by atoms with Gasteiger partial charge in [0.05, 0.1) is 5.52 Å². The van der Waals surface area contributed by atoms with E-state index >= 15 is 0 Å². The molecule has 0 radical (unpaired) electrons. The molecule has 1 aliphatic carbocycles. The molecule has 2 heteroatoms. The minimum atomic E-state index is 0.762. The lowest BCUT2D eigenvalue weighted by atomic mass is 10.1. The van der Waals surface area contributed by atoms with Gasteiger partial charge in [-0.1, -0.05) is 17.7 Å². The first kappa shape index (κ1) is 8.25. The number of aromatic nitrogens is 1. The summed E-state index contributed by atoms with van der Waals surface area (Å²) in [6.07, 6.45) is 4.52. The number of nitrogens with zero attached hydrogens (tertiary/aromatic N) is 1. The molecule has 1 aliphatic rings. The second-order valence-electron chi connectivity index (χ2n) is 3.84. The number of benzene rings is 1. The maximum atomic E-state index is 5.93. The van der Waals surface area contributed by atoms with Gasteiger partial charge in [0.2, 0.25) is 0 Å². The zero-order chi connectivity index (χ0) is 9.54. The van der Waals surface area contributed by atoms with Crippen LogP contribution in [0.15, 0.2) is 30.5 Å². The number of hydrogen-bond donors (Lipinski definition) is 0. The highest BCUT2D eigenvalue weighted by Gasteiger charge is 2.25. The molecule has 0 spiro atoms. The zero-order valence-electron chi connectivity index (χ0n) is 7.70. The summed E-state index contributed by atoms with van der Waals surface area (Å²) >= 11 is 5.93. The molecule has 3 rings (SSSR count). The third kappa shape index (κ3) is 1.28. The van der Waals surface area contributed by atoms with Crippen molar-refractivity contribution in [3.05, 3.63) is 41.0 Å². The van der Waals surface area contributed by atoms with Crippen LogP contribution in [0.25, 0.3) is 10.9 Å². The second-order valence-corrected chi connectivity index (χ2v) is 4.27. The molecule has 1 heterocycles. The molecule has 1 aromatic carbocycles. The van der Waals surface area contributed by atoms with Gasteiger partial charge in [-0.25, -0.2) is 0 Å². The van der Waals surface area contributed by atoms with Crippen molar-refractivity contribution >= 4 is 22.5 Å². The third-order valence-corrected chi connectivity index (χ3v) is 2.99. The number of pyridine rings is 1. The predicted molar refractivity (Wildman–Crippen MR) is 58.7 cm³/mol. The number of hydrogen-bond acceptors (Lipinski definition) is 1. The molecule has 1 aromatic heterocycles. The molecule has 1 fully saturated rings. The Morgan fingerprint density at radius 1 is 1.21 bits per heavy atom. The molecule has 70 valence electrons. The average molecular weight is 204 g/mol. The fraction of sp³-hybridized carbons (Fsp3) is 0.250. The highest BCUT2D eigenvalue weighted by molar-refractivity contribution is 6.31. The summed E-state index contributed by atoms with van der Waals surface area (Å²) in [6.45, 7) is 0. The van der Waals surface area contributed by atoms with Crippen molar-refractivity contribution in [3.8, 4) is 0 Å². The SMILES string of the molecule is Clc1ccc2c(C3CC3)ccnc2c1. The lowest BCUT2D eigenvalue weighted by Gasteiger charge is -2.03. The summed E-state index contributed by atoms with van der Waals surface area (Å²) < 4.78 is 0. The molecule has 0 N–H and O–H groups in total. The molecule has 0 bridgehead atoms. The first-order valence-electron chi connectivity index (χ1n) is 4.89. The Morgan fingerprint density at radius 3 is 2.86 bits per heavy atom. The van der Waals surface area contributed by atoms with Crippen molar-refractivity contribution in [2.45, 2.75) is 18.8 Å². The Balaban J connectivity index is 2.30.